The van der Waals surface area contributed by atoms with Crippen molar-refractivity contribution in [3.05, 3.63) is 29.6 Å². The van der Waals surface area contributed by atoms with Gasteiger partial charge in [0, 0.05) is 17.5 Å². The van der Waals surface area contributed by atoms with Crippen LogP contribution in [0.3, 0.4) is 0 Å². The number of anilines is 1. The third kappa shape index (κ3) is 2.88. The molecule has 0 atom stereocenters. The highest BCUT2D eigenvalue weighted by Gasteiger charge is 2.12. The number of hydrogen-bond donors (Lipinski definition) is 2. The molecule has 6 nitrogen and oxygen atoms in total. The molecule has 0 bridgehead atoms. The van der Waals surface area contributed by atoms with Crippen LogP contribution >= 0.6 is 23.6 Å². The minimum absolute atomic E-state index is 0.493. The minimum Gasteiger partial charge on any atom is -0.497 e. The summed E-state index contributed by atoms with van der Waals surface area (Å²) >= 11 is 6.68. The summed E-state index contributed by atoms with van der Waals surface area (Å²) in [6.07, 6.45) is 0. The Morgan fingerprint density at radius 1 is 1.36 bits per heavy atom. The van der Waals surface area contributed by atoms with E-state index in [1.54, 1.807) is 7.11 Å². The third-order valence-electron chi connectivity index (χ3n) is 3.03. The molecular weight excluding hydrogens is 318 g/mol. The van der Waals surface area contributed by atoms with Gasteiger partial charge in [0.2, 0.25) is 10.9 Å². The van der Waals surface area contributed by atoms with Crippen LogP contribution in [0, 0.1) is 0 Å². The van der Waals surface area contributed by atoms with Gasteiger partial charge in [-0.2, -0.15) is 4.98 Å². The van der Waals surface area contributed by atoms with Gasteiger partial charge in [0.15, 0.2) is 5.11 Å². The molecule has 0 aliphatic rings. The van der Waals surface area contributed by atoms with E-state index in [9.17, 15) is 0 Å². The minimum atomic E-state index is 0.493. The summed E-state index contributed by atoms with van der Waals surface area (Å²) in [5.74, 6) is 1.32. The Labute approximate surface area is 137 Å². The van der Waals surface area contributed by atoms with E-state index in [1.165, 1.54) is 11.3 Å². The van der Waals surface area contributed by atoms with Gasteiger partial charge in [-0.15, -0.1) is 16.4 Å². The third-order valence-corrected chi connectivity index (χ3v) is 4.09. The highest BCUT2D eigenvalue weighted by molar-refractivity contribution is 7.80. The fourth-order valence-corrected chi connectivity index (χ4v) is 3.07. The van der Waals surface area contributed by atoms with Crippen molar-refractivity contribution in [2.45, 2.75) is 6.92 Å². The zero-order valence-electron chi connectivity index (χ0n) is 12.2. The van der Waals surface area contributed by atoms with Crippen LogP contribution in [0.4, 0.5) is 5.95 Å². The van der Waals surface area contributed by atoms with E-state index in [-0.39, 0.29) is 0 Å². The van der Waals surface area contributed by atoms with Crippen LogP contribution in [0.15, 0.2) is 29.6 Å². The smallest absolute Gasteiger partial charge is 0.250 e. The summed E-state index contributed by atoms with van der Waals surface area (Å²) in [7, 11) is 1.65. The van der Waals surface area contributed by atoms with Gasteiger partial charge in [0.1, 0.15) is 5.75 Å². The topological polar surface area (TPSA) is 63.5 Å². The summed E-state index contributed by atoms with van der Waals surface area (Å²) in [4.78, 5) is 5.23. The maximum atomic E-state index is 5.18. The Morgan fingerprint density at radius 2 is 2.14 bits per heavy atom. The van der Waals surface area contributed by atoms with Gasteiger partial charge in [0.25, 0.3) is 0 Å². The number of fused-ring (bicyclic) bond motifs is 1. The Bertz CT molecular complexity index is 793. The summed E-state index contributed by atoms with van der Waals surface area (Å²) in [5, 5.41) is 13.0. The molecule has 0 radical (unpaired) electrons. The van der Waals surface area contributed by atoms with Gasteiger partial charge in [-0.25, -0.2) is 4.52 Å². The van der Waals surface area contributed by atoms with E-state index >= 15 is 0 Å². The number of thiazole rings is 1. The molecule has 0 fully saturated rings. The summed E-state index contributed by atoms with van der Waals surface area (Å²) < 4.78 is 6.99. The van der Waals surface area contributed by atoms with Gasteiger partial charge in [0.05, 0.1) is 12.8 Å². The van der Waals surface area contributed by atoms with E-state index in [1.807, 2.05) is 41.1 Å². The lowest BCUT2D eigenvalue weighted by atomic mass is 10.2. The van der Waals surface area contributed by atoms with Crippen molar-refractivity contribution >= 4 is 39.6 Å². The first kappa shape index (κ1) is 14.7. The summed E-state index contributed by atoms with van der Waals surface area (Å²) in [6, 6.07) is 7.85. The quantitative estimate of drug-likeness (QED) is 0.716. The lowest BCUT2D eigenvalue weighted by Gasteiger charge is -2.04. The van der Waals surface area contributed by atoms with Crippen molar-refractivity contribution in [3.8, 4) is 17.0 Å². The van der Waals surface area contributed by atoms with Crippen molar-refractivity contribution in [1.82, 2.24) is 19.9 Å². The van der Waals surface area contributed by atoms with Gasteiger partial charge in [-0.1, -0.05) is 0 Å². The second-order valence-corrected chi connectivity index (χ2v) is 5.71. The largest absolute Gasteiger partial charge is 0.497 e. The zero-order chi connectivity index (χ0) is 15.5. The summed E-state index contributed by atoms with van der Waals surface area (Å²) in [6.45, 7) is 2.74. The van der Waals surface area contributed by atoms with Crippen LogP contribution < -0.4 is 15.4 Å². The first-order valence-electron chi connectivity index (χ1n) is 6.75. The molecule has 0 amide bonds. The second-order valence-electron chi connectivity index (χ2n) is 4.46. The molecule has 0 unspecified atom stereocenters. The average Bonchev–Trinajstić information content (AvgIpc) is 3.07. The first-order chi connectivity index (χ1) is 10.7. The van der Waals surface area contributed by atoms with Crippen molar-refractivity contribution in [2.24, 2.45) is 0 Å². The lowest BCUT2D eigenvalue weighted by molar-refractivity contribution is 0.415. The normalized spacial score (nSPS) is 10.6. The standard InChI is InChI=1S/C14H15N5OS2/c1-3-15-13(21)16-12-17-14-19(18-12)11(8-22-14)9-4-6-10(20-2)7-5-9/h4-8H,3H2,1-2H3,(H2,15,16,18,21). The molecule has 3 aromatic rings. The van der Waals surface area contributed by atoms with Crippen LogP contribution in [0.2, 0.25) is 0 Å². The molecule has 2 N–H and O–H groups in total. The van der Waals surface area contributed by atoms with E-state index in [4.69, 9.17) is 17.0 Å². The van der Waals surface area contributed by atoms with Crippen LogP contribution in [0.25, 0.3) is 16.2 Å². The fourth-order valence-electron chi connectivity index (χ4n) is 2.00. The van der Waals surface area contributed by atoms with Gasteiger partial charge in [-0.05, 0) is 43.4 Å². The summed E-state index contributed by atoms with van der Waals surface area (Å²) in [5.41, 5.74) is 2.04. The van der Waals surface area contributed by atoms with Crippen LogP contribution in [-0.2, 0) is 0 Å². The molecule has 0 saturated heterocycles. The molecule has 0 saturated carbocycles. The van der Waals surface area contributed by atoms with Gasteiger partial charge < -0.3 is 10.1 Å². The van der Waals surface area contributed by atoms with E-state index in [2.05, 4.69) is 20.7 Å². The molecule has 8 heteroatoms. The Kier molecular flexibility index (Phi) is 4.21. The predicted octanol–water partition coefficient (Wildman–Crippen LogP) is 2.77. The number of benzene rings is 1. The maximum Gasteiger partial charge on any atom is 0.250 e. The van der Waals surface area contributed by atoms with Crippen LogP contribution in [0.1, 0.15) is 6.92 Å². The highest BCUT2D eigenvalue weighted by Crippen LogP contribution is 2.27. The molecule has 0 spiro atoms. The number of nitrogens with zero attached hydrogens (tertiary/aromatic N) is 3. The Morgan fingerprint density at radius 3 is 2.82 bits per heavy atom. The van der Waals surface area contributed by atoms with Crippen molar-refractivity contribution in [2.75, 3.05) is 19.0 Å². The number of rotatable bonds is 4. The predicted molar refractivity (Wildman–Crippen MR) is 92.7 cm³/mol. The van der Waals surface area contributed by atoms with Crippen molar-refractivity contribution < 1.29 is 4.74 Å². The zero-order valence-corrected chi connectivity index (χ0v) is 13.8. The fraction of sp³-hybridized carbons (Fsp3) is 0.214. The van der Waals surface area contributed by atoms with Gasteiger partial charge in [-0.3, -0.25) is 5.32 Å². The average molecular weight is 333 g/mol. The first-order valence-corrected chi connectivity index (χ1v) is 8.03. The molecule has 114 valence electrons. The SMILES string of the molecule is CCNC(=S)Nc1nc2scc(-c3ccc(OC)cc3)n2n1. The Balaban J connectivity index is 1.90. The van der Waals surface area contributed by atoms with Crippen LogP contribution in [-0.4, -0.2) is 33.4 Å². The molecular formula is C14H15N5OS2. The monoisotopic (exact) mass is 333 g/mol. The van der Waals surface area contributed by atoms with Crippen molar-refractivity contribution in [3.63, 3.8) is 0 Å². The number of aromatic nitrogens is 3. The number of nitrogens with one attached hydrogen (secondary N) is 2. The number of methoxy groups -OCH3 is 1. The van der Waals surface area contributed by atoms with E-state index in [0.717, 1.165) is 28.5 Å². The van der Waals surface area contributed by atoms with E-state index in [0.29, 0.717) is 11.1 Å². The molecule has 0 aliphatic carbocycles. The molecule has 22 heavy (non-hydrogen) atoms. The number of hydrogen-bond acceptors (Lipinski definition) is 5. The van der Waals surface area contributed by atoms with E-state index < -0.39 is 0 Å². The lowest BCUT2D eigenvalue weighted by Crippen LogP contribution is -2.28. The maximum absolute atomic E-state index is 5.18. The molecule has 0 aliphatic heterocycles. The van der Waals surface area contributed by atoms with Crippen LogP contribution in [0.5, 0.6) is 5.75 Å². The highest BCUT2D eigenvalue weighted by atomic mass is 32.1. The molecule has 2 heterocycles. The van der Waals surface area contributed by atoms with Crippen molar-refractivity contribution in [1.29, 1.82) is 0 Å². The van der Waals surface area contributed by atoms with Gasteiger partial charge >= 0.3 is 0 Å². The molecule has 2 aromatic heterocycles. The number of ether oxygens (including phenoxy) is 1. The molecule has 1 aromatic carbocycles. The second kappa shape index (κ2) is 6.29. The number of thiocarbonyl (C=S) groups is 1. The Hall–Kier alpha value is -2.19. The molecule has 3 rings (SSSR count).